The Labute approximate surface area is 79.2 Å². The summed E-state index contributed by atoms with van der Waals surface area (Å²) in [5, 5.41) is 0. The highest BCUT2D eigenvalue weighted by molar-refractivity contribution is 7.94. The summed E-state index contributed by atoms with van der Waals surface area (Å²) < 4.78 is 14.2. The standard InChI is InChI=1S/C9H18O2S/c1-4-6-8(3)9(12-10)11-7-5-2/h5,7-10H,4,6H2,1-3H3. The summed E-state index contributed by atoms with van der Waals surface area (Å²) in [7, 11) is 0. The topological polar surface area (TPSA) is 29.5 Å². The van der Waals surface area contributed by atoms with Crippen LogP contribution >= 0.6 is 12.0 Å². The molecule has 0 aromatic rings. The van der Waals surface area contributed by atoms with E-state index in [-0.39, 0.29) is 5.44 Å². The van der Waals surface area contributed by atoms with E-state index in [2.05, 4.69) is 13.8 Å². The summed E-state index contributed by atoms with van der Waals surface area (Å²) >= 11 is 0.784. The molecule has 0 aliphatic rings. The third-order valence-electron chi connectivity index (χ3n) is 1.66. The predicted molar refractivity (Wildman–Crippen MR) is 54.0 cm³/mol. The minimum atomic E-state index is -0.124. The molecule has 0 aliphatic heterocycles. The second-order valence-corrected chi connectivity index (χ2v) is 3.52. The van der Waals surface area contributed by atoms with Gasteiger partial charge in [-0.15, -0.1) is 0 Å². The zero-order valence-electron chi connectivity index (χ0n) is 7.99. The van der Waals surface area contributed by atoms with Crippen molar-refractivity contribution in [3.05, 3.63) is 12.3 Å². The number of hydrogen-bond acceptors (Lipinski definition) is 3. The Morgan fingerprint density at radius 2 is 2.25 bits per heavy atom. The van der Waals surface area contributed by atoms with Crippen molar-refractivity contribution in [2.75, 3.05) is 0 Å². The molecule has 2 nitrogen and oxygen atoms in total. The van der Waals surface area contributed by atoms with Gasteiger partial charge in [-0.05, 0) is 13.3 Å². The Bertz CT molecular complexity index is 126. The molecule has 0 spiro atoms. The molecule has 0 saturated carbocycles. The molecule has 0 amide bonds. The third-order valence-corrected chi connectivity index (χ3v) is 2.44. The van der Waals surface area contributed by atoms with Crippen molar-refractivity contribution in [3.8, 4) is 0 Å². The molecular weight excluding hydrogens is 172 g/mol. The van der Waals surface area contributed by atoms with E-state index in [9.17, 15) is 0 Å². The maximum absolute atomic E-state index is 8.91. The van der Waals surface area contributed by atoms with Crippen molar-refractivity contribution in [3.63, 3.8) is 0 Å². The smallest absolute Gasteiger partial charge is 0.170 e. The molecule has 1 N–H and O–H groups in total. The van der Waals surface area contributed by atoms with Crippen LogP contribution in [-0.2, 0) is 4.74 Å². The molecule has 0 radical (unpaired) electrons. The summed E-state index contributed by atoms with van der Waals surface area (Å²) in [6.07, 6.45) is 5.65. The van der Waals surface area contributed by atoms with Gasteiger partial charge >= 0.3 is 0 Å². The summed E-state index contributed by atoms with van der Waals surface area (Å²) in [6.45, 7) is 6.11. The van der Waals surface area contributed by atoms with Crippen LogP contribution < -0.4 is 0 Å². The van der Waals surface area contributed by atoms with Crippen LogP contribution in [-0.4, -0.2) is 9.99 Å². The minimum Gasteiger partial charge on any atom is -0.485 e. The van der Waals surface area contributed by atoms with Crippen LogP contribution in [0.2, 0.25) is 0 Å². The van der Waals surface area contributed by atoms with Gasteiger partial charge < -0.3 is 9.29 Å². The zero-order chi connectivity index (χ0) is 9.40. The normalized spacial score (nSPS) is 16.3. The molecule has 0 saturated heterocycles. The molecular formula is C9H18O2S. The second-order valence-electron chi connectivity index (χ2n) is 2.85. The summed E-state index contributed by atoms with van der Waals surface area (Å²) in [5.74, 6) is 0.390. The van der Waals surface area contributed by atoms with Gasteiger partial charge in [-0.1, -0.05) is 26.3 Å². The van der Waals surface area contributed by atoms with Gasteiger partial charge in [0, 0.05) is 18.0 Å². The van der Waals surface area contributed by atoms with Crippen LogP contribution in [0.4, 0.5) is 0 Å². The molecule has 12 heavy (non-hydrogen) atoms. The van der Waals surface area contributed by atoms with Crippen molar-refractivity contribution in [1.29, 1.82) is 0 Å². The molecule has 2 unspecified atom stereocenters. The average Bonchev–Trinajstić information content (AvgIpc) is 2.06. The quantitative estimate of drug-likeness (QED) is 0.395. The van der Waals surface area contributed by atoms with E-state index in [1.807, 2.05) is 13.0 Å². The van der Waals surface area contributed by atoms with Crippen LogP contribution in [0, 0.1) is 5.92 Å². The maximum atomic E-state index is 8.91. The molecule has 72 valence electrons. The zero-order valence-corrected chi connectivity index (χ0v) is 8.80. The Morgan fingerprint density at radius 3 is 2.67 bits per heavy atom. The lowest BCUT2D eigenvalue weighted by molar-refractivity contribution is 0.159. The monoisotopic (exact) mass is 190 g/mol. The van der Waals surface area contributed by atoms with E-state index in [1.165, 1.54) is 0 Å². The Morgan fingerprint density at radius 1 is 1.58 bits per heavy atom. The summed E-state index contributed by atoms with van der Waals surface area (Å²) in [6, 6.07) is 0. The van der Waals surface area contributed by atoms with Crippen molar-refractivity contribution in [1.82, 2.24) is 0 Å². The van der Waals surface area contributed by atoms with Crippen molar-refractivity contribution >= 4 is 12.0 Å². The van der Waals surface area contributed by atoms with E-state index in [0.29, 0.717) is 5.92 Å². The maximum Gasteiger partial charge on any atom is 0.170 e. The predicted octanol–water partition coefficient (Wildman–Crippen LogP) is 3.51. The van der Waals surface area contributed by atoms with Crippen LogP contribution in [0.25, 0.3) is 0 Å². The van der Waals surface area contributed by atoms with Crippen LogP contribution in [0.5, 0.6) is 0 Å². The van der Waals surface area contributed by atoms with E-state index < -0.39 is 0 Å². The van der Waals surface area contributed by atoms with E-state index in [1.54, 1.807) is 6.26 Å². The highest BCUT2D eigenvalue weighted by Crippen LogP contribution is 2.22. The van der Waals surface area contributed by atoms with E-state index in [4.69, 9.17) is 9.29 Å². The SMILES string of the molecule is CC=COC(SO)C(C)CCC. The summed E-state index contributed by atoms with van der Waals surface area (Å²) in [5.41, 5.74) is -0.124. The van der Waals surface area contributed by atoms with Crippen molar-refractivity contribution in [2.24, 2.45) is 5.92 Å². The highest BCUT2D eigenvalue weighted by atomic mass is 32.2. The van der Waals surface area contributed by atoms with E-state index in [0.717, 1.165) is 24.9 Å². The molecule has 0 fully saturated rings. The molecule has 0 heterocycles. The number of ether oxygens (including phenoxy) is 1. The van der Waals surface area contributed by atoms with Gasteiger partial charge in [0.1, 0.15) is 0 Å². The molecule has 0 aromatic carbocycles. The summed E-state index contributed by atoms with van der Waals surface area (Å²) in [4.78, 5) is 0. The molecule has 3 heteroatoms. The first-order valence-electron chi connectivity index (χ1n) is 4.33. The third kappa shape index (κ3) is 4.67. The van der Waals surface area contributed by atoms with Crippen LogP contribution in [0.1, 0.15) is 33.6 Å². The average molecular weight is 190 g/mol. The first kappa shape index (κ1) is 11.8. The molecule has 0 aliphatic carbocycles. The fourth-order valence-electron chi connectivity index (χ4n) is 1.01. The van der Waals surface area contributed by atoms with Crippen molar-refractivity contribution < 1.29 is 9.29 Å². The second kappa shape index (κ2) is 7.50. The van der Waals surface area contributed by atoms with Crippen LogP contribution in [0.3, 0.4) is 0 Å². The van der Waals surface area contributed by atoms with Gasteiger partial charge in [-0.25, -0.2) is 0 Å². The van der Waals surface area contributed by atoms with Gasteiger partial charge in [0.15, 0.2) is 5.44 Å². The van der Waals surface area contributed by atoms with Crippen LogP contribution in [0.15, 0.2) is 12.3 Å². The fraction of sp³-hybridized carbons (Fsp3) is 0.778. The lowest BCUT2D eigenvalue weighted by Gasteiger charge is -2.19. The van der Waals surface area contributed by atoms with Crippen molar-refractivity contribution in [2.45, 2.75) is 39.0 Å². The highest BCUT2D eigenvalue weighted by Gasteiger charge is 2.16. The number of allylic oxidation sites excluding steroid dienone is 1. The Kier molecular flexibility index (Phi) is 7.40. The molecule has 2 atom stereocenters. The molecule has 0 rings (SSSR count). The largest absolute Gasteiger partial charge is 0.485 e. The molecule has 0 bridgehead atoms. The van der Waals surface area contributed by atoms with Gasteiger partial charge in [0.2, 0.25) is 0 Å². The fourth-order valence-corrected chi connectivity index (χ4v) is 1.47. The number of rotatable bonds is 6. The number of hydrogen-bond donors (Lipinski definition) is 1. The first-order valence-corrected chi connectivity index (χ1v) is 5.16. The Balaban J connectivity index is 3.78. The van der Waals surface area contributed by atoms with Gasteiger partial charge in [0.25, 0.3) is 0 Å². The molecule has 0 aromatic heterocycles. The van der Waals surface area contributed by atoms with E-state index >= 15 is 0 Å². The van der Waals surface area contributed by atoms with Gasteiger partial charge in [-0.2, -0.15) is 0 Å². The Hall–Kier alpha value is -0.150. The van der Waals surface area contributed by atoms with Gasteiger partial charge in [-0.3, -0.25) is 0 Å². The first-order chi connectivity index (χ1) is 5.76. The van der Waals surface area contributed by atoms with Gasteiger partial charge in [0.05, 0.1) is 6.26 Å². The minimum absolute atomic E-state index is 0.124. The lowest BCUT2D eigenvalue weighted by atomic mass is 10.1. The lowest BCUT2D eigenvalue weighted by Crippen LogP contribution is -2.15.